The average Bonchev–Trinajstić information content (AvgIpc) is 3.64. The summed E-state index contributed by atoms with van der Waals surface area (Å²) in [5.41, 5.74) is 10.8. The maximum atomic E-state index is 9.29. The maximum Gasteiger partial charge on any atom is 0.134 e. The van der Waals surface area contributed by atoms with Gasteiger partial charge in [-0.2, -0.15) is 0 Å². The third-order valence-corrected chi connectivity index (χ3v) is 8.15. The third kappa shape index (κ3) is 6.67. The number of pyridine rings is 2. The first kappa shape index (κ1) is 31.6. The number of aromatic nitrogens is 6. The van der Waals surface area contributed by atoms with E-state index in [1.165, 1.54) is 22.4 Å². The lowest BCUT2D eigenvalue weighted by molar-refractivity contribution is 0.185. The second-order valence-electron chi connectivity index (χ2n) is 11.1. The van der Waals surface area contributed by atoms with Gasteiger partial charge in [0.1, 0.15) is 22.7 Å². The molecule has 0 saturated carbocycles. The highest BCUT2D eigenvalue weighted by molar-refractivity contribution is 5.80. The Hall–Kier alpha value is -4.80. The monoisotopic (exact) mass is 606 g/mol. The van der Waals surface area contributed by atoms with E-state index >= 15 is 0 Å². The van der Waals surface area contributed by atoms with Crippen LogP contribution in [-0.2, 0) is 44.9 Å². The van der Waals surface area contributed by atoms with Crippen LogP contribution in [0.1, 0.15) is 36.1 Å². The van der Waals surface area contributed by atoms with Crippen LogP contribution < -0.4 is 9.80 Å². The quantitative estimate of drug-likeness (QED) is 0.207. The Morgan fingerprint density at radius 1 is 0.689 bits per heavy atom. The van der Waals surface area contributed by atoms with Crippen LogP contribution in [0.4, 0.5) is 23.0 Å². The predicted octanol–water partition coefficient (Wildman–Crippen LogP) is 6.24. The molecule has 10 nitrogen and oxygen atoms in total. The molecule has 0 aliphatic heterocycles. The van der Waals surface area contributed by atoms with Crippen LogP contribution in [0.15, 0.2) is 73.6 Å². The second kappa shape index (κ2) is 13.9. The van der Waals surface area contributed by atoms with Gasteiger partial charge in [0.15, 0.2) is 0 Å². The van der Waals surface area contributed by atoms with E-state index in [2.05, 4.69) is 81.0 Å². The second-order valence-corrected chi connectivity index (χ2v) is 11.1. The minimum absolute atomic E-state index is 0.0657. The normalized spacial score (nSPS) is 11.1. The predicted molar refractivity (Wildman–Crippen MR) is 181 cm³/mol. The summed E-state index contributed by atoms with van der Waals surface area (Å²) in [6.07, 6.45) is 9.10. The van der Waals surface area contributed by atoms with Gasteiger partial charge in [-0.1, -0.05) is 38.1 Å². The molecule has 0 bridgehead atoms. The number of nitrogens with zero attached hydrogens (tertiary/aromatic N) is 8. The van der Waals surface area contributed by atoms with E-state index < -0.39 is 0 Å². The van der Waals surface area contributed by atoms with Crippen LogP contribution in [0.3, 0.4) is 0 Å². The molecular formula is C35H42N8O2. The number of hydrogen-bond donors (Lipinski definition) is 1. The molecule has 0 unspecified atom stereocenters. The van der Waals surface area contributed by atoms with Gasteiger partial charge in [-0.05, 0) is 47.2 Å². The van der Waals surface area contributed by atoms with Crippen molar-refractivity contribution < 1.29 is 9.84 Å². The molecule has 0 radical (unpaired) electrons. The van der Waals surface area contributed by atoms with Crippen LogP contribution in [0, 0.1) is 0 Å². The number of aliphatic hydroxyl groups is 1. The molecular weight excluding hydrogens is 564 g/mol. The zero-order valence-corrected chi connectivity index (χ0v) is 27.2. The fourth-order valence-corrected chi connectivity index (χ4v) is 5.51. The van der Waals surface area contributed by atoms with Crippen molar-refractivity contribution in [3.8, 4) is 0 Å². The summed E-state index contributed by atoms with van der Waals surface area (Å²) in [6.45, 7) is 4.99. The van der Waals surface area contributed by atoms with Crippen LogP contribution in [0.2, 0.25) is 0 Å². The van der Waals surface area contributed by atoms with E-state index in [0.717, 1.165) is 57.8 Å². The molecule has 4 aromatic heterocycles. The number of aliphatic hydroxyl groups excluding tert-OH is 1. The zero-order valence-electron chi connectivity index (χ0n) is 27.2. The van der Waals surface area contributed by atoms with Crippen molar-refractivity contribution in [1.82, 2.24) is 29.1 Å². The van der Waals surface area contributed by atoms with Crippen LogP contribution in [0.25, 0.3) is 22.1 Å². The van der Waals surface area contributed by atoms with E-state index in [9.17, 15) is 5.11 Å². The molecule has 234 valence electrons. The Balaban J connectivity index is 0.000000178. The Bertz CT molecular complexity index is 1910. The summed E-state index contributed by atoms with van der Waals surface area (Å²) < 4.78 is 9.23. The third-order valence-electron chi connectivity index (χ3n) is 8.15. The van der Waals surface area contributed by atoms with Gasteiger partial charge < -0.3 is 28.8 Å². The Labute approximate surface area is 264 Å². The van der Waals surface area contributed by atoms with Crippen LogP contribution >= 0.6 is 0 Å². The lowest BCUT2D eigenvalue weighted by Crippen LogP contribution is -2.13. The number of aryl methyl sites for hydroxylation is 4. The lowest BCUT2D eigenvalue weighted by atomic mass is 10.1. The molecule has 0 fully saturated rings. The molecule has 4 heterocycles. The number of rotatable bonds is 9. The molecule has 0 aliphatic rings. The number of imidazole rings is 2. The molecule has 0 amide bonds. The summed E-state index contributed by atoms with van der Waals surface area (Å²) >= 11 is 0. The summed E-state index contributed by atoms with van der Waals surface area (Å²) in [7, 11) is 9.76. The molecule has 2 aromatic carbocycles. The minimum Gasteiger partial charge on any atom is -0.392 e. The number of hydrogen-bond acceptors (Lipinski definition) is 8. The molecule has 0 aliphatic carbocycles. The number of methoxy groups -OCH3 is 1. The van der Waals surface area contributed by atoms with Gasteiger partial charge in [-0.3, -0.25) is 0 Å². The molecule has 1 N–H and O–H groups in total. The summed E-state index contributed by atoms with van der Waals surface area (Å²) in [5.74, 6) is 1.79. The average molecular weight is 607 g/mol. The van der Waals surface area contributed by atoms with Gasteiger partial charge in [0.2, 0.25) is 0 Å². The highest BCUT2D eigenvalue weighted by atomic mass is 16.5. The van der Waals surface area contributed by atoms with Gasteiger partial charge in [0.25, 0.3) is 0 Å². The fraction of sp³-hybridized carbons (Fsp3) is 0.314. The van der Waals surface area contributed by atoms with E-state index in [1.807, 2.05) is 61.0 Å². The fourth-order valence-electron chi connectivity index (χ4n) is 5.51. The van der Waals surface area contributed by atoms with Gasteiger partial charge in [0, 0.05) is 58.8 Å². The van der Waals surface area contributed by atoms with Crippen molar-refractivity contribution in [2.24, 2.45) is 14.1 Å². The number of anilines is 4. The van der Waals surface area contributed by atoms with Gasteiger partial charge >= 0.3 is 0 Å². The topological polar surface area (TPSA) is 97.4 Å². The Morgan fingerprint density at radius 3 is 1.60 bits per heavy atom. The molecule has 45 heavy (non-hydrogen) atoms. The zero-order chi connectivity index (χ0) is 32.1. The maximum absolute atomic E-state index is 9.29. The molecule has 6 aromatic rings. The van der Waals surface area contributed by atoms with Gasteiger partial charge in [-0.15, -0.1) is 0 Å². The summed E-state index contributed by atoms with van der Waals surface area (Å²) in [4.78, 5) is 21.9. The van der Waals surface area contributed by atoms with E-state index in [-0.39, 0.29) is 6.61 Å². The standard InChI is InChI=1S/C18H22N4O.C17H20N4O/c1-5-14-8-13(11-23-4)6-7-16(14)22(3)18-9-17-15(10-19-18)20-12-21(17)2;1-4-13-7-12(10-22)5-6-15(13)21(3)17-8-16-14(9-18-17)19-11-20(16)2/h6-10,12H,5,11H2,1-4H3;5-9,11,22H,4,10H2,1-3H3. The van der Waals surface area contributed by atoms with E-state index in [1.54, 1.807) is 19.6 Å². The van der Waals surface area contributed by atoms with Crippen molar-refractivity contribution in [2.45, 2.75) is 39.9 Å². The number of fused-ring (bicyclic) bond motifs is 2. The molecule has 0 spiro atoms. The largest absolute Gasteiger partial charge is 0.392 e. The van der Waals surface area contributed by atoms with Crippen molar-refractivity contribution in [1.29, 1.82) is 0 Å². The van der Waals surface area contributed by atoms with Crippen molar-refractivity contribution >= 4 is 45.1 Å². The van der Waals surface area contributed by atoms with Gasteiger partial charge in [0.05, 0.1) is 49.3 Å². The molecule has 0 saturated heterocycles. The first-order valence-corrected chi connectivity index (χ1v) is 15.1. The van der Waals surface area contributed by atoms with Gasteiger partial charge in [-0.25, -0.2) is 19.9 Å². The first-order chi connectivity index (χ1) is 21.8. The smallest absolute Gasteiger partial charge is 0.134 e. The summed E-state index contributed by atoms with van der Waals surface area (Å²) in [5, 5.41) is 9.29. The Kier molecular flexibility index (Phi) is 9.75. The van der Waals surface area contributed by atoms with E-state index in [0.29, 0.717) is 6.61 Å². The SMILES string of the molecule is CCc1cc(CO)ccc1N(C)c1cc2c(cn1)ncn2C.CCc1cc(COC)ccc1N(C)c1cc2c(cn1)ncn2C. The molecule has 0 atom stereocenters. The number of ether oxygens (including phenoxy) is 1. The van der Waals surface area contributed by atoms with Crippen LogP contribution in [-0.4, -0.2) is 55.4 Å². The molecule has 10 heteroatoms. The number of benzene rings is 2. The minimum atomic E-state index is 0.0657. The highest BCUT2D eigenvalue weighted by Gasteiger charge is 2.14. The lowest BCUT2D eigenvalue weighted by Gasteiger charge is -2.22. The van der Waals surface area contributed by atoms with E-state index in [4.69, 9.17) is 4.74 Å². The van der Waals surface area contributed by atoms with Crippen LogP contribution in [0.5, 0.6) is 0 Å². The first-order valence-electron chi connectivity index (χ1n) is 15.1. The Morgan fingerprint density at radius 2 is 1.16 bits per heavy atom. The summed E-state index contributed by atoms with van der Waals surface area (Å²) in [6, 6.07) is 16.6. The highest BCUT2D eigenvalue weighted by Crippen LogP contribution is 2.30. The van der Waals surface area contributed by atoms with Crippen molar-refractivity contribution in [2.75, 3.05) is 31.0 Å². The molecule has 6 rings (SSSR count). The van der Waals surface area contributed by atoms with Crippen molar-refractivity contribution in [3.63, 3.8) is 0 Å². The van der Waals surface area contributed by atoms with Crippen molar-refractivity contribution in [3.05, 3.63) is 95.8 Å².